The highest BCUT2D eigenvalue weighted by atomic mass is 35.5. The summed E-state index contributed by atoms with van der Waals surface area (Å²) in [5.74, 6) is 0.00265. The van der Waals surface area contributed by atoms with E-state index in [1.807, 2.05) is 37.4 Å². The molecule has 3 aromatic rings. The van der Waals surface area contributed by atoms with Gasteiger partial charge in [0.25, 0.3) is 5.91 Å². The second-order valence-electron chi connectivity index (χ2n) is 9.80. The Morgan fingerprint density at radius 1 is 1.17 bits per heavy atom. The highest BCUT2D eigenvalue weighted by Crippen LogP contribution is 2.27. The Morgan fingerprint density at radius 3 is 2.74 bits per heavy atom. The molecule has 0 spiro atoms. The SMILES string of the molecule is CN(Cc1n[nH]c2c1CCCC2)C(=O)c1ccc(C[C@@H]2CC[C@H](C(O)c3ccc(Cl)nc3)N2)cc1. The third-order valence-electron chi connectivity index (χ3n) is 7.31. The van der Waals surface area contributed by atoms with Gasteiger partial charge in [0.15, 0.2) is 0 Å². The van der Waals surface area contributed by atoms with E-state index >= 15 is 0 Å². The molecule has 0 radical (unpaired) electrons. The van der Waals surface area contributed by atoms with Gasteiger partial charge >= 0.3 is 0 Å². The molecule has 1 aromatic carbocycles. The lowest BCUT2D eigenvalue weighted by Gasteiger charge is -2.20. The fraction of sp³-hybridized carbons (Fsp3) is 0.444. The molecule has 35 heavy (non-hydrogen) atoms. The lowest BCUT2D eigenvalue weighted by molar-refractivity contribution is 0.0783. The molecule has 7 nitrogen and oxygen atoms in total. The summed E-state index contributed by atoms with van der Waals surface area (Å²) in [5.41, 5.74) is 6.15. The van der Waals surface area contributed by atoms with Crippen LogP contribution in [0, 0.1) is 0 Å². The van der Waals surface area contributed by atoms with Crippen LogP contribution in [0.4, 0.5) is 0 Å². The molecule has 1 aliphatic heterocycles. The summed E-state index contributed by atoms with van der Waals surface area (Å²) >= 11 is 5.86. The number of halogens is 1. The maximum atomic E-state index is 13.0. The number of aromatic amines is 1. The van der Waals surface area contributed by atoms with Crippen molar-refractivity contribution in [3.8, 4) is 0 Å². The zero-order valence-corrected chi connectivity index (χ0v) is 20.8. The van der Waals surface area contributed by atoms with Crippen molar-refractivity contribution in [3.05, 3.63) is 81.4 Å². The van der Waals surface area contributed by atoms with Crippen molar-refractivity contribution in [3.63, 3.8) is 0 Å². The van der Waals surface area contributed by atoms with E-state index in [1.165, 1.54) is 29.7 Å². The van der Waals surface area contributed by atoms with E-state index in [9.17, 15) is 9.90 Å². The minimum Gasteiger partial charge on any atom is -0.387 e. The van der Waals surface area contributed by atoms with E-state index in [4.69, 9.17) is 11.6 Å². The van der Waals surface area contributed by atoms with Crippen LogP contribution >= 0.6 is 11.6 Å². The summed E-state index contributed by atoms with van der Waals surface area (Å²) in [6.07, 6.45) is 8.24. The van der Waals surface area contributed by atoms with E-state index in [-0.39, 0.29) is 18.0 Å². The summed E-state index contributed by atoms with van der Waals surface area (Å²) in [7, 11) is 1.84. The fourth-order valence-corrected chi connectivity index (χ4v) is 5.43. The molecule has 3 atom stereocenters. The molecule has 184 valence electrons. The number of hydrogen-bond donors (Lipinski definition) is 3. The molecule has 0 bridgehead atoms. The number of H-pyrrole nitrogens is 1. The number of nitrogens with zero attached hydrogens (tertiary/aromatic N) is 3. The van der Waals surface area contributed by atoms with Crippen molar-refractivity contribution in [1.82, 2.24) is 25.4 Å². The Labute approximate surface area is 210 Å². The number of aliphatic hydroxyl groups is 1. The maximum absolute atomic E-state index is 13.0. The average Bonchev–Trinajstić information content (AvgIpc) is 3.51. The molecular formula is C27H32ClN5O2. The third kappa shape index (κ3) is 5.42. The number of aryl methyl sites for hydroxylation is 1. The second-order valence-corrected chi connectivity index (χ2v) is 10.2. The molecule has 1 fully saturated rings. The molecule has 1 saturated heterocycles. The van der Waals surface area contributed by atoms with Crippen molar-refractivity contribution in [1.29, 1.82) is 0 Å². The van der Waals surface area contributed by atoms with Crippen LogP contribution in [-0.4, -0.2) is 50.2 Å². The second kappa shape index (κ2) is 10.5. The molecular weight excluding hydrogens is 462 g/mol. The summed E-state index contributed by atoms with van der Waals surface area (Å²) in [4.78, 5) is 18.8. The van der Waals surface area contributed by atoms with Gasteiger partial charge < -0.3 is 15.3 Å². The van der Waals surface area contributed by atoms with E-state index < -0.39 is 6.10 Å². The molecule has 8 heteroatoms. The van der Waals surface area contributed by atoms with Crippen LogP contribution < -0.4 is 5.32 Å². The highest BCUT2D eigenvalue weighted by Gasteiger charge is 2.30. The van der Waals surface area contributed by atoms with Crippen molar-refractivity contribution in [2.24, 2.45) is 0 Å². The van der Waals surface area contributed by atoms with Gasteiger partial charge in [-0.15, -0.1) is 0 Å². The van der Waals surface area contributed by atoms with Gasteiger partial charge in [-0.2, -0.15) is 5.10 Å². The van der Waals surface area contributed by atoms with Gasteiger partial charge in [-0.1, -0.05) is 29.8 Å². The first-order valence-electron chi connectivity index (χ1n) is 12.4. The molecule has 3 N–H and O–H groups in total. The molecule has 2 aromatic heterocycles. The van der Waals surface area contributed by atoms with Crippen molar-refractivity contribution in [2.45, 2.75) is 69.7 Å². The summed E-state index contributed by atoms with van der Waals surface area (Å²) in [6, 6.07) is 11.7. The quantitative estimate of drug-likeness (QED) is 0.432. The Balaban J connectivity index is 1.15. The standard InChI is InChI=1S/C27H32ClN5O2/c1-33(16-24-21-4-2-3-5-22(21)31-32-24)27(35)18-8-6-17(7-9-18)14-20-11-12-23(30-20)26(34)19-10-13-25(28)29-15-19/h6-10,13,15,20,23,26,30,34H,2-5,11-12,14,16H2,1H3,(H,31,32)/t20-,23+,26?/m0/s1. The monoisotopic (exact) mass is 493 g/mol. The van der Waals surface area contributed by atoms with Crippen LogP contribution in [0.1, 0.15) is 70.2 Å². The van der Waals surface area contributed by atoms with Crippen LogP contribution in [0.2, 0.25) is 5.15 Å². The summed E-state index contributed by atoms with van der Waals surface area (Å²) < 4.78 is 0. The van der Waals surface area contributed by atoms with E-state index in [0.717, 1.165) is 43.4 Å². The van der Waals surface area contributed by atoms with Gasteiger partial charge in [-0.3, -0.25) is 9.89 Å². The van der Waals surface area contributed by atoms with Gasteiger partial charge in [-0.05, 0) is 74.3 Å². The topological polar surface area (TPSA) is 94.1 Å². The maximum Gasteiger partial charge on any atom is 0.253 e. The zero-order valence-electron chi connectivity index (χ0n) is 20.0. The number of pyridine rings is 1. The molecule has 5 rings (SSSR count). The average molecular weight is 494 g/mol. The zero-order chi connectivity index (χ0) is 24.4. The van der Waals surface area contributed by atoms with Gasteiger partial charge in [-0.25, -0.2) is 4.98 Å². The minimum atomic E-state index is -0.611. The number of rotatable bonds is 7. The van der Waals surface area contributed by atoms with E-state index in [2.05, 4.69) is 20.5 Å². The Morgan fingerprint density at radius 2 is 1.97 bits per heavy atom. The lowest BCUT2D eigenvalue weighted by atomic mass is 9.96. The van der Waals surface area contributed by atoms with Gasteiger partial charge in [0.1, 0.15) is 5.15 Å². The van der Waals surface area contributed by atoms with Crippen LogP contribution in [0.25, 0.3) is 0 Å². The molecule has 1 amide bonds. The highest BCUT2D eigenvalue weighted by molar-refractivity contribution is 6.29. The number of carbonyl (C=O) groups excluding carboxylic acids is 1. The number of amides is 1. The minimum absolute atomic E-state index is 0.00265. The molecule has 2 aliphatic rings. The number of aromatic nitrogens is 3. The largest absolute Gasteiger partial charge is 0.387 e. The summed E-state index contributed by atoms with van der Waals surface area (Å²) in [5, 5.41) is 22.3. The van der Waals surface area contributed by atoms with Crippen LogP contribution in [0.3, 0.4) is 0 Å². The van der Waals surface area contributed by atoms with Crippen molar-refractivity contribution < 1.29 is 9.90 Å². The van der Waals surface area contributed by atoms with Gasteiger partial charge in [0, 0.05) is 42.1 Å². The predicted molar refractivity (Wildman–Crippen MR) is 135 cm³/mol. The normalized spacial score (nSPS) is 20.4. The first-order valence-corrected chi connectivity index (χ1v) is 12.8. The smallest absolute Gasteiger partial charge is 0.253 e. The molecule has 0 saturated carbocycles. The van der Waals surface area contributed by atoms with Gasteiger partial charge in [0.2, 0.25) is 0 Å². The fourth-order valence-electron chi connectivity index (χ4n) is 5.32. The van der Waals surface area contributed by atoms with Crippen LogP contribution in [0.5, 0.6) is 0 Å². The Bertz CT molecular complexity index is 1160. The Kier molecular flexibility index (Phi) is 7.18. The Hall–Kier alpha value is -2.74. The number of aliphatic hydroxyl groups excluding tert-OH is 1. The van der Waals surface area contributed by atoms with Crippen molar-refractivity contribution >= 4 is 17.5 Å². The molecule has 1 aliphatic carbocycles. The van der Waals surface area contributed by atoms with Gasteiger partial charge in [0.05, 0.1) is 18.3 Å². The first-order chi connectivity index (χ1) is 17.0. The third-order valence-corrected chi connectivity index (χ3v) is 7.53. The van der Waals surface area contributed by atoms with Crippen LogP contribution in [-0.2, 0) is 25.8 Å². The number of fused-ring (bicyclic) bond motifs is 1. The van der Waals surface area contributed by atoms with Crippen molar-refractivity contribution in [2.75, 3.05) is 7.05 Å². The number of nitrogens with one attached hydrogen (secondary N) is 2. The summed E-state index contributed by atoms with van der Waals surface area (Å²) in [6.45, 7) is 0.519. The number of carbonyl (C=O) groups is 1. The number of hydrogen-bond acceptors (Lipinski definition) is 5. The lowest BCUT2D eigenvalue weighted by Crippen LogP contribution is -2.35. The molecule has 1 unspecified atom stereocenters. The van der Waals surface area contributed by atoms with E-state index in [0.29, 0.717) is 17.3 Å². The van der Waals surface area contributed by atoms with E-state index in [1.54, 1.807) is 17.2 Å². The molecule has 3 heterocycles. The van der Waals surface area contributed by atoms with Crippen LogP contribution in [0.15, 0.2) is 42.6 Å². The number of benzene rings is 1. The first kappa shape index (κ1) is 24.0. The predicted octanol–water partition coefficient (Wildman–Crippen LogP) is 4.01.